The van der Waals surface area contributed by atoms with Crippen LogP contribution in [0.2, 0.25) is 0 Å². The van der Waals surface area contributed by atoms with Gasteiger partial charge >= 0.3 is 0 Å². The number of hydrogen-bond donors (Lipinski definition) is 1. The zero-order chi connectivity index (χ0) is 10.6. The van der Waals surface area contributed by atoms with Crippen molar-refractivity contribution in [3.05, 3.63) is 29.8 Å². The van der Waals surface area contributed by atoms with Crippen LogP contribution in [0.3, 0.4) is 0 Å². The number of benzene rings is 1. The van der Waals surface area contributed by atoms with E-state index in [0.717, 1.165) is 17.8 Å². The van der Waals surface area contributed by atoms with Gasteiger partial charge in [0.05, 0.1) is 6.10 Å². The fourth-order valence-electron chi connectivity index (χ4n) is 0.823. The summed E-state index contributed by atoms with van der Waals surface area (Å²) in [5.41, 5.74) is 0. The van der Waals surface area contributed by atoms with Crippen LogP contribution in [0.1, 0.15) is 0 Å². The van der Waals surface area contributed by atoms with Gasteiger partial charge in [0.1, 0.15) is 11.6 Å². The predicted molar refractivity (Wildman–Crippen MR) is 53.8 cm³/mol. The number of aliphatic hydroxyl groups excluding tert-OH is 1. The first kappa shape index (κ1) is 11.8. The smallest absolute Gasteiger partial charge is 0.139 e. The van der Waals surface area contributed by atoms with E-state index in [4.69, 9.17) is 16.7 Å². The van der Waals surface area contributed by atoms with Gasteiger partial charge in [0, 0.05) is 22.6 Å². The van der Waals surface area contributed by atoms with Crippen LogP contribution in [-0.4, -0.2) is 22.8 Å². The molecular weight excluding hydrogens is 230 g/mol. The van der Waals surface area contributed by atoms with E-state index in [1.165, 1.54) is 12.1 Å². The Morgan fingerprint density at radius 1 is 1.43 bits per heavy atom. The van der Waals surface area contributed by atoms with Crippen LogP contribution >= 0.6 is 23.4 Å². The van der Waals surface area contributed by atoms with Crippen LogP contribution in [0.15, 0.2) is 23.1 Å². The first-order valence-electron chi connectivity index (χ1n) is 3.95. The van der Waals surface area contributed by atoms with Crippen LogP contribution in [0.5, 0.6) is 0 Å². The van der Waals surface area contributed by atoms with E-state index in [1.807, 2.05) is 0 Å². The Balaban J connectivity index is 2.59. The van der Waals surface area contributed by atoms with Gasteiger partial charge in [0.2, 0.25) is 0 Å². The number of rotatable bonds is 4. The Kier molecular flexibility index (Phi) is 4.65. The van der Waals surface area contributed by atoms with Crippen molar-refractivity contribution in [2.75, 3.05) is 11.6 Å². The molecule has 0 saturated carbocycles. The predicted octanol–water partition coefficient (Wildman–Crippen LogP) is 2.66. The lowest BCUT2D eigenvalue weighted by atomic mass is 10.3. The molecule has 1 aromatic carbocycles. The SMILES string of the molecule is OC(CCl)CSc1ccc(F)cc1F. The second kappa shape index (κ2) is 5.53. The fraction of sp³-hybridized carbons (Fsp3) is 0.333. The highest BCUT2D eigenvalue weighted by molar-refractivity contribution is 7.99. The van der Waals surface area contributed by atoms with Crippen LogP contribution in [0.25, 0.3) is 0 Å². The molecule has 5 heteroatoms. The highest BCUT2D eigenvalue weighted by atomic mass is 35.5. The van der Waals surface area contributed by atoms with Crippen molar-refractivity contribution in [3.63, 3.8) is 0 Å². The fourth-order valence-corrected chi connectivity index (χ4v) is 1.91. The van der Waals surface area contributed by atoms with Crippen molar-refractivity contribution in [1.82, 2.24) is 0 Å². The molecule has 1 N–H and O–H groups in total. The molecule has 1 unspecified atom stereocenters. The molecule has 0 spiro atoms. The van der Waals surface area contributed by atoms with Gasteiger partial charge in [-0.05, 0) is 12.1 Å². The van der Waals surface area contributed by atoms with Crippen molar-refractivity contribution in [3.8, 4) is 0 Å². The summed E-state index contributed by atoms with van der Waals surface area (Å²) in [7, 11) is 0. The molecule has 0 radical (unpaired) electrons. The Morgan fingerprint density at radius 3 is 2.71 bits per heavy atom. The number of thioether (sulfide) groups is 1. The van der Waals surface area contributed by atoms with Gasteiger partial charge in [0.15, 0.2) is 0 Å². The third-order valence-electron chi connectivity index (χ3n) is 1.50. The van der Waals surface area contributed by atoms with Gasteiger partial charge in [-0.15, -0.1) is 23.4 Å². The highest BCUT2D eigenvalue weighted by Crippen LogP contribution is 2.23. The molecule has 0 aliphatic rings. The van der Waals surface area contributed by atoms with Crippen molar-refractivity contribution in [2.24, 2.45) is 0 Å². The van der Waals surface area contributed by atoms with Gasteiger partial charge in [-0.25, -0.2) is 8.78 Å². The summed E-state index contributed by atoms with van der Waals surface area (Å²) in [6, 6.07) is 3.34. The topological polar surface area (TPSA) is 20.2 Å². The number of halogens is 3. The van der Waals surface area contributed by atoms with E-state index in [-0.39, 0.29) is 5.88 Å². The Morgan fingerprint density at radius 2 is 2.14 bits per heavy atom. The molecule has 0 aliphatic heterocycles. The highest BCUT2D eigenvalue weighted by Gasteiger charge is 2.07. The first-order chi connectivity index (χ1) is 6.63. The van der Waals surface area contributed by atoms with Gasteiger partial charge in [-0.3, -0.25) is 0 Å². The van der Waals surface area contributed by atoms with Crippen molar-refractivity contribution >= 4 is 23.4 Å². The number of hydrogen-bond acceptors (Lipinski definition) is 2. The van der Waals surface area contributed by atoms with Crippen molar-refractivity contribution < 1.29 is 13.9 Å². The van der Waals surface area contributed by atoms with E-state index in [9.17, 15) is 8.78 Å². The first-order valence-corrected chi connectivity index (χ1v) is 5.47. The maximum atomic E-state index is 13.0. The molecule has 0 heterocycles. The zero-order valence-corrected chi connectivity index (χ0v) is 8.79. The van der Waals surface area contributed by atoms with Gasteiger partial charge in [-0.2, -0.15) is 0 Å². The molecule has 0 amide bonds. The van der Waals surface area contributed by atoms with E-state index in [0.29, 0.717) is 10.6 Å². The summed E-state index contributed by atoms with van der Waals surface area (Å²) in [6.07, 6.45) is -0.675. The van der Waals surface area contributed by atoms with Crippen molar-refractivity contribution in [2.45, 2.75) is 11.0 Å². The molecule has 0 saturated heterocycles. The maximum Gasteiger partial charge on any atom is 0.139 e. The summed E-state index contributed by atoms with van der Waals surface area (Å²) in [5.74, 6) is -0.816. The standard InChI is InChI=1S/C9H9ClF2OS/c10-4-7(13)5-14-9-2-1-6(11)3-8(9)12/h1-3,7,13H,4-5H2. The molecule has 0 aromatic heterocycles. The number of aliphatic hydroxyl groups is 1. The lowest BCUT2D eigenvalue weighted by Gasteiger charge is -2.06. The minimum absolute atomic E-state index is 0.107. The average Bonchev–Trinajstić information content (AvgIpc) is 2.16. The third-order valence-corrected chi connectivity index (χ3v) is 3.05. The normalized spacial score (nSPS) is 12.9. The second-order valence-electron chi connectivity index (χ2n) is 2.69. The Labute approximate surface area is 90.1 Å². The summed E-state index contributed by atoms with van der Waals surface area (Å²) in [5, 5.41) is 9.12. The Hall–Kier alpha value is -0.320. The van der Waals surface area contributed by atoms with E-state index in [1.54, 1.807) is 0 Å². The van der Waals surface area contributed by atoms with Crippen LogP contribution in [0, 0.1) is 11.6 Å². The maximum absolute atomic E-state index is 13.0. The lowest BCUT2D eigenvalue weighted by molar-refractivity contribution is 0.223. The lowest BCUT2D eigenvalue weighted by Crippen LogP contribution is -2.11. The van der Waals surface area contributed by atoms with Gasteiger partial charge in [0.25, 0.3) is 0 Å². The molecule has 1 atom stereocenters. The minimum atomic E-state index is -0.675. The minimum Gasteiger partial charge on any atom is -0.391 e. The summed E-state index contributed by atoms with van der Waals surface area (Å²) >= 11 is 6.48. The van der Waals surface area contributed by atoms with Crippen LogP contribution in [-0.2, 0) is 0 Å². The second-order valence-corrected chi connectivity index (χ2v) is 4.06. The van der Waals surface area contributed by atoms with Gasteiger partial charge < -0.3 is 5.11 Å². The zero-order valence-electron chi connectivity index (χ0n) is 7.21. The van der Waals surface area contributed by atoms with Crippen LogP contribution < -0.4 is 0 Å². The van der Waals surface area contributed by atoms with E-state index < -0.39 is 17.7 Å². The molecular formula is C9H9ClF2OS. The molecule has 14 heavy (non-hydrogen) atoms. The molecule has 0 fully saturated rings. The molecule has 1 aromatic rings. The van der Waals surface area contributed by atoms with E-state index >= 15 is 0 Å². The van der Waals surface area contributed by atoms with Gasteiger partial charge in [-0.1, -0.05) is 0 Å². The molecule has 0 bridgehead atoms. The van der Waals surface area contributed by atoms with Crippen molar-refractivity contribution in [1.29, 1.82) is 0 Å². The quantitative estimate of drug-likeness (QED) is 0.643. The summed E-state index contributed by atoms with van der Waals surface area (Å²) in [4.78, 5) is 0.315. The van der Waals surface area contributed by atoms with E-state index in [2.05, 4.69) is 0 Å². The third kappa shape index (κ3) is 3.44. The van der Waals surface area contributed by atoms with Crippen LogP contribution in [0.4, 0.5) is 8.78 Å². The average molecular weight is 239 g/mol. The Bertz CT molecular complexity index is 309. The molecule has 1 rings (SSSR count). The largest absolute Gasteiger partial charge is 0.391 e. The summed E-state index contributed by atoms with van der Waals surface area (Å²) in [6.45, 7) is 0. The summed E-state index contributed by atoms with van der Waals surface area (Å²) < 4.78 is 25.5. The molecule has 78 valence electrons. The molecule has 1 nitrogen and oxygen atoms in total. The number of alkyl halides is 1. The monoisotopic (exact) mass is 238 g/mol. The molecule has 0 aliphatic carbocycles.